The van der Waals surface area contributed by atoms with Gasteiger partial charge in [-0.3, -0.25) is 0 Å². The summed E-state index contributed by atoms with van der Waals surface area (Å²) in [6, 6.07) is 3.95. The molecule has 1 nitrogen and oxygen atoms in total. The minimum absolute atomic E-state index is 0.231. The Hall–Kier alpha value is -0.340. The fraction of sp³-hybridized carbons (Fsp3) is 0.500. The summed E-state index contributed by atoms with van der Waals surface area (Å²) in [5.41, 5.74) is 0. The average molecular weight is 156 g/mol. The third-order valence-electron chi connectivity index (χ3n) is 1.43. The Morgan fingerprint density at radius 3 is 3.00 bits per heavy atom. The number of thiophene rings is 1. The van der Waals surface area contributed by atoms with E-state index in [2.05, 4.69) is 6.92 Å². The molecule has 1 N–H and O–H groups in total. The molecular formula is C8H12OS. The van der Waals surface area contributed by atoms with Gasteiger partial charge >= 0.3 is 0 Å². The van der Waals surface area contributed by atoms with E-state index >= 15 is 0 Å². The molecular weight excluding hydrogens is 144 g/mol. The molecule has 0 saturated heterocycles. The van der Waals surface area contributed by atoms with Crippen molar-refractivity contribution >= 4 is 11.3 Å². The van der Waals surface area contributed by atoms with Crippen molar-refractivity contribution in [1.29, 1.82) is 0 Å². The van der Waals surface area contributed by atoms with Gasteiger partial charge < -0.3 is 5.11 Å². The van der Waals surface area contributed by atoms with Gasteiger partial charge in [0.25, 0.3) is 0 Å². The van der Waals surface area contributed by atoms with E-state index in [1.54, 1.807) is 11.3 Å². The van der Waals surface area contributed by atoms with Gasteiger partial charge in [0, 0.05) is 4.88 Å². The highest BCUT2D eigenvalue weighted by molar-refractivity contribution is 7.10. The monoisotopic (exact) mass is 156 g/mol. The van der Waals surface area contributed by atoms with E-state index in [-0.39, 0.29) is 6.10 Å². The Bertz CT molecular complexity index is 169. The second-order valence-electron chi connectivity index (χ2n) is 2.32. The normalized spacial score (nSPS) is 13.4. The number of aliphatic hydroxyl groups is 1. The van der Waals surface area contributed by atoms with Gasteiger partial charge in [-0.15, -0.1) is 11.3 Å². The van der Waals surface area contributed by atoms with E-state index in [9.17, 15) is 5.11 Å². The summed E-state index contributed by atoms with van der Waals surface area (Å²) in [5, 5.41) is 11.4. The van der Waals surface area contributed by atoms with Crippen molar-refractivity contribution in [2.75, 3.05) is 0 Å². The highest BCUT2D eigenvalue weighted by Crippen LogP contribution is 2.22. The molecule has 0 bridgehead atoms. The Kier molecular flexibility index (Phi) is 2.90. The highest BCUT2D eigenvalue weighted by Gasteiger charge is 2.05. The third-order valence-corrected chi connectivity index (χ3v) is 2.41. The number of hydrogen-bond donors (Lipinski definition) is 1. The van der Waals surface area contributed by atoms with Crippen LogP contribution in [0.5, 0.6) is 0 Å². The molecule has 0 spiro atoms. The molecule has 0 saturated carbocycles. The Morgan fingerprint density at radius 2 is 2.50 bits per heavy atom. The summed E-state index contributed by atoms with van der Waals surface area (Å²) < 4.78 is 0. The van der Waals surface area contributed by atoms with Crippen molar-refractivity contribution in [3.63, 3.8) is 0 Å². The lowest BCUT2D eigenvalue weighted by Crippen LogP contribution is -1.91. The molecule has 1 rings (SSSR count). The Balaban J connectivity index is 2.50. The first-order chi connectivity index (χ1) is 4.84. The van der Waals surface area contributed by atoms with Gasteiger partial charge in [0.15, 0.2) is 0 Å². The molecule has 10 heavy (non-hydrogen) atoms. The van der Waals surface area contributed by atoms with Crippen molar-refractivity contribution in [2.45, 2.75) is 25.9 Å². The number of hydrogen-bond acceptors (Lipinski definition) is 2. The van der Waals surface area contributed by atoms with Crippen LogP contribution in [0.15, 0.2) is 17.5 Å². The van der Waals surface area contributed by atoms with Gasteiger partial charge in [-0.1, -0.05) is 19.4 Å². The van der Waals surface area contributed by atoms with E-state index in [4.69, 9.17) is 0 Å². The maximum atomic E-state index is 9.42. The quantitative estimate of drug-likeness (QED) is 0.713. The standard InChI is InChI=1S/C8H12OS/c1-2-4-7(9)8-5-3-6-10-8/h3,5-7,9H,2,4H2,1H3. The molecule has 0 aliphatic rings. The van der Waals surface area contributed by atoms with Crippen LogP contribution in [-0.2, 0) is 0 Å². The van der Waals surface area contributed by atoms with Gasteiger partial charge in [0.05, 0.1) is 6.10 Å². The van der Waals surface area contributed by atoms with Crippen molar-refractivity contribution in [3.8, 4) is 0 Å². The van der Waals surface area contributed by atoms with Crippen molar-refractivity contribution < 1.29 is 5.11 Å². The fourth-order valence-corrected chi connectivity index (χ4v) is 1.64. The van der Waals surface area contributed by atoms with Crippen LogP contribution in [0.4, 0.5) is 0 Å². The van der Waals surface area contributed by atoms with Crippen LogP contribution in [0.25, 0.3) is 0 Å². The fourth-order valence-electron chi connectivity index (χ4n) is 0.897. The second kappa shape index (κ2) is 3.74. The molecule has 0 radical (unpaired) electrons. The highest BCUT2D eigenvalue weighted by atomic mass is 32.1. The SMILES string of the molecule is CCCC(O)c1cccs1. The zero-order valence-corrected chi connectivity index (χ0v) is 6.90. The van der Waals surface area contributed by atoms with Gasteiger partial charge in [-0.25, -0.2) is 0 Å². The zero-order chi connectivity index (χ0) is 7.40. The molecule has 1 heterocycles. The molecule has 0 aliphatic carbocycles. The van der Waals surface area contributed by atoms with E-state index in [1.165, 1.54) is 0 Å². The molecule has 1 unspecified atom stereocenters. The topological polar surface area (TPSA) is 20.2 Å². The third kappa shape index (κ3) is 1.82. The summed E-state index contributed by atoms with van der Waals surface area (Å²) in [4.78, 5) is 1.09. The first-order valence-corrected chi connectivity index (χ1v) is 4.44. The van der Waals surface area contributed by atoms with E-state index in [0.29, 0.717) is 0 Å². The molecule has 56 valence electrons. The molecule has 0 fully saturated rings. The van der Waals surface area contributed by atoms with Crippen LogP contribution in [-0.4, -0.2) is 5.11 Å². The average Bonchev–Trinajstić information content (AvgIpc) is 2.38. The minimum atomic E-state index is -0.231. The summed E-state index contributed by atoms with van der Waals surface area (Å²) in [7, 11) is 0. The van der Waals surface area contributed by atoms with Gasteiger partial charge in [0.1, 0.15) is 0 Å². The lowest BCUT2D eigenvalue weighted by Gasteiger charge is -2.04. The second-order valence-corrected chi connectivity index (χ2v) is 3.30. The molecule has 1 aromatic heterocycles. The van der Waals surface area contributed by atoms with Crippen molar-refractivity contribution in [1.82, 2.24) is 0 Å². The largest absolute Gasteiger partial charge is 0.388 e. The molecule has 0 aliphatic heterocycles. The molecule has 0 aromatic carbocycles. The Labute approximate surface area is 65.3 Å². The first kappa shape index (κ1) is 7.76. The van der Waals surface area contributed by atoms with E-state index in [0.717, 1.165) is 17.7 Å². The zero-order valence-electron chi connectivity index (χ0n) is 6.08. The van der Waals surface area contributed by atoms with E-state index < -0.39 is 0 Å². The molecule has 1 aromatic rings. The predicted octanol–water partition coefficient (Wildman–Crippen LogP) is 2.58. The summed E-state index contributed by atoms with van der Waals surface area (Å²) in [6.45, 7) is 2.08. The Morgan fingerprint density at radius 1 is 1.70 bits per heavy atom. The lowest BCUT2D eigenvalue weighted by atomic mass is 10.2. The number of rotatable bonds is 3. The maximum absolute atomic E-state index is 9.42. The van der Waals surface area contributed by atoms with E-state index in [1.807, 2.05) is 17.5 Å². The van der Waals surface area contributed by atoms with Crippen molar-refractivity contribution in [3.05, 3.63) is 22.4 Å². The van der Waals surface area contributed by atoms with Crippen LogP contribution >= 0.6 is 11.3 Å². The van der Waals surface area contributed by atoms with Gasteiger partial charge in [0.2, 0.25) is 0 Å². The van der Waals surface area contributed by atoms with Crippen LogP contribution < -0.4 is 0 Å². The summed E-state index contributed by atoms with van der Waals surface area (Å²) in [5.74, 6) is 0. The van der Waals surface area contributed by atoms with Crippen LogP contribution in [0.1, 0.15) is 30.7 Å². The summed E-state index contributed by atoms with van der Waals surface area (Å²) in [6.07, 6.45) is 1.68. The van der Waals surface area contributed by atoms with Crippen LogP contribution in [0, 0.1) is 0 Å². The van der Waals surface area contributed by atoms with Crippen molar-refractivity contribution in [2.24, 2.45) is 0 Å². The molecule has 0 amide bonds. The van der Waals surface area contributed by atoms with Gasteiger partial charge in [-0.2, -0.15) is 0 Å². The molecule has 1 atom stereocenters. The predicted molar refractivity (Wildman–Crippen MR) is 44.2 cm³/mol. The van der Waals surface area contributed by atoms with Gasteiger partial charge in [-0.05, 0) is 17.9 Å². The van der Waals surface area contributed by atoms with Crippen LogP contribution in [0.3, 0.4) is 0 Å². The first-order valence-electron chi connectivity index (χ1n) is 3.56. The van der Waals surface area contributed by atoms with Crippen LogP contribution in [0.2, 0.25) is 0 Å². The lowest BCUT2D eigenvalue weighted by molar-refractivity contribution is 0.170. The summed E-state index contributed by atoms with van der Waals surface area (Å²) >= 11 is 1.62. The number of aliphatic hydroxyl groups excluding tert-OH is 1. The smallest absolute Gasteiger partial charge is 0.0881 e. The minimum Gasteiger partial charge on any atom is -0.388 e. The maximum Gasteiger partial charge on any atom is 0.0881 e. The molecule has 2 heteroatoms.